The zero-order valence-corrected chi connectivity index (χ0v) is 18.0. The van der Waals surface area contributed by atoms with E-state index < -0.39 is 5.91 Å². The molecule has 0 spiro atoms. The first-order valence-electron chi connectivity index (χ1n) is 9.72. The highest BCUT2D eigenvalue weighted by Crippen LogP contribution is 2.37. The molecular formula is C24H15Cl2N3O3. The second kappa shape index (κ2) is 8.15. The summed E-state index contributed by atoms with van der Waals surface area (Å²) in [6, 6.07) is 19.8. The van der Waals surface area contributed by atoms with Gasteiger partial charge >= 0.3 is 0 Å². The molecule has 4 aromatic rings. The fourth-order valence-electron chi connectivity index (χ4n) is 3.74. The van der Waals surface area contributed by atoms with Crippen LogP contribution in [0.5, 0.6) is 0 Å². The SMILES string of the molecule is O=C(CN1C(=O)c2cccc3cccc1c23)N/N=C\c1ccc(-c2ccc(Cl)cc2Cl)o1. The lowest BCUT2D eigenvalue weighted by atomic mass is 10.1. The molecule has 1 N–H and O–H groups in total. The number of carbonyl (C=O) groups is 2. The minimum atomic E-state index is -0.424. The summed E-state index contributed by atoms with van der Waals surface area (Å²) in [5, 5.41) is 6.76. The molecule has 2 amide bonds. The molecule has 6 nitrogen and oxygen atoms in total. The number of nitrogens with zero attached hydrogens (tertiary/aromatic N) is 2. The van der Waals surface area contributed by atoms with Gasteiger partial charge in [0.15, 0.2) is 0 Å². The second-order valence-corrected chi connectivity index (χ2v) is 8.04. The standard InChI is InChI=1S/C24H15Cl2N3O3/c25-15-7-9-17(19(26)11-15)21-10-8-16(32-21)12-27-28-22(30)13-29-20-6-2-4-14-3-1-5-18(23(14)20)24(29)31/h1-12H,13H2,(H,28,30)/b27-12-. The molecule has 158 valence electrons. The second-order valence-electron chi connectivity index (χ2n) is 7.19. The van der Waals surface area contributed by atoms with E-state index in [2.05, 4.69) is 10.5 Å². The Morgan fingerprint density at radius 1 is 1.03 bits per heavy atom. The summed E-state index contributed by atoms with van der Waals surface area (Å²) >= 11 is 12.1. The lowest BCUT2D eigenvalue weighted by molar-refractivity contribution is -0.119. The lowest BCUT2D eigenvalue weighted by Crippen LogP contribution is -2.37. The molecule has 0 saturated heterocycles. The maximum atomic E-state index is 12.8. The van der Waals surface area contributed by atoms with E-state index in [0.717, 1.165) is 16.5 Å². The van der Waals surface area contributed by atoms with E-state index in [-0.39, 0.29) is 12.5 Å². The quantitative estimate of drug-likeness (QED) is 0.312. The van der Waals surface area contributed by atoms with E-state index in [1.54, 1.807) is 36.4 Å². The zero-order valence-electron chi connectivity index (χ0n) is 16.5. The van der Waals surface area contributed by atoms with E-state index in [4.69, 9.17) is 27.6 Å². The van der Waals surface area contributed by atoms with Gasteiger partial charge in [0.25, 0.3) is 11.8 Å². The molecule has 32 heavy (non-hydrogen) atoms. The molecule has 0 atom stereocenters. The molecule has 2 heterocycles. The van der Waals surface area contributed by atoms with Gasteiger partial charge in [-0.15, -0.1) is 0 Å². The summed E-state index contributed by atoms with van der Waals surface area (Å²) in [6.07, 6.45) is 1.38. The highest BCUT2D eigenvalue weighted by Gasteiger charge is 2.30. The summed E-state index contributed by atoms with van der Waals surface area (Å²) in [7, 11) is 0. The van der Waals surface area contributed by atoms with Crippen molar-refractivity contribution in [3.63, 3.8) is 0 Å². The van der Waals surface area contributed by atoms with Crippen molar-refractivity contribution in [2.24, 2.45) is 5.10 Å². The third-order valence-corrected chi connectivity index (χ3v) is 5.70. The summed E-state index contributed by atoms with van der Waals surface area (Å²) in [4.78, 5) is 26.7. The molecule has 0 bridgehead atoms. The molecule has 5 rings (SSSR count). The maximum Gasteiger partial charge on any atom is 0.260 e. The Labute approximate surface area is 193 Å². The van der Waals surface area contributed by atoms with Gasteiger partial charge in [0.05, 0.1) is 16.9 Å². The minimum absolute atomic E-state index is 0.145. The number of rotatable bonds is 5. The number of furan rings is 1. The van der Waals surface area contributed by atoms with Crippen molar-refractivity contribution < 1.29 is 14.0 Å². The zero-order chi connectivity index (χ0) is 22.2. The van der Waals surface area contributed by atoms with Gasteiger partial charge in [-0.05, 0) is 47.9 Å². The third-order valence-electron chi connectivity index (χ3n) is 5.16. The van der Waals surface area contributed by atoms with Crippen LogP contribution < -0.4 is 10.3 Å². The van der Waals surface area contributed by atoms with E-state index in [1.165, 1.54) is 11.1 Å². The van der Waals surface area contributed by atoms with Crippen LogP contribution >= 0.6 is 23.2 Å². The van der Waals surface area contributed by atoms with E-state index in [0.29, 0.717) is 32.7 Å². The average molecular weight is 464 g/mol. The van der Waals surface area contributed by atoms with E-state index in [1.807, 2.05) is 30.3 Å². The number of nitrogens with one attached hydrogen (secondary N) is 1. The fourth-order valence-corrected chi connectivity index (χ4v) is 4.24. The van der Waals surface area contributed by atoms with Crippen molar-refractivity contribution in [3.8, 4) is 11.3 Å². The topological polar surface area (TPSA) is 74.9 Å². The van der Waals surface area contributed by atoms with Crippen LogP contribution in [0.25, 0.3) is 22.1 Å². The largest absolute Gasteiger partial charge is 0.455 e. The highest BCUT2D eigenvalue weighted by molar-refractivity contribution is 6.36. The molecule has 0 radical (unpaired) electrons. The number of hydrogen-bond donors (Lipinski definition) is 1. The molecular weight excluding hydrogens is 449 g/mol. The monoisotopic (exact) mass is 463 g/mol. The molecule has 0 unspecified atom stereocenters. The molecule has 8 heteroatoms. The molecule has 1 aliphatic heterocycles. The Hall–Kier alpha value is -3.61. The van der Waals surface area contributed by atoms with Crippen molar-refractivity contribution in [1.29, 1.82) is 0 Å². The Morgan fingerprint density at radius 2 is 1.84 bits per heavy atom. The predicted molar refractivity (Wildman–Crippen MR) is 126 cm³/mol. The Kier molecular flexibility index (Phi) is 5.17. The predicted octanol–water partition coefficient (Wildman–Crippen LogP) is 5.52. The summed E-state index contributed by atoms with van der Waals surface area (Å²) < 4.78 is 5.71. The van der Waals surface area contributed by atoms with Crippen LogP contribution in [0.4, 0.5) is 5.69 Å². The van der Waals surface area contributed by atoms with Gasteiger partial charge in [-0.3, -0.25) is 14.5 Å². The van der Waals surface area contributed by atoms with Gasteiger partial charge < -0.3 is 4.42 Å². The van der Waals surface area contributed by atoms with Crippen molar-refractivity contribution in [3.05, 3.63) is 88.1 Å². The van der Waals surface area contributed by atoms with Gasteiger partial charge in [-0.2, -0.15) is 5.10 Å². The van der Waals surface area contributed by atoms with Crippen molar-refractivity contribution >= 4 is 57.7 Å². The first-order chi connectivity index (χ1) is 15.5. The van der Waals surface area contributed by atoms with Gasteiger partial charge in [-0.1, -0.05) is 47.5 Å². The van der Waals surface area contributed by atoms with E-state index >= 15 is 0 Å². The molecule has 0 fully saturated rings. The molecule has 1 aliphatic rings. The number of halogens is 2. The highest BCUT2D eigenvalue weighted by atomic mass is 35.5. The first kappa shape index (κ1) is 20.3. The number of anilines is 1. The van der Waals surface area contributed by atoms with Crippen molar-refractivity contribution in [1.82, 2.24) is 5.43 Å². The Morgan fingerprint density at radius 3 is 2.66 bits per heavy atom. The first-order valence-corrected chi connectivity index (χ1v) is 10.5. The smallest absolute Gasteiger partial charge is 0.260 e. The van der Waals surface area contributed by atoms with Gasteiger partial charge in [0, 0.05) is 21.5 Å². The normalized spacial score (nSPS) is 12.8. The molecule has 0 aliphatic carbocycles. The van der Waals surface area contributed by atoms with Gasteiger partial charge in [-0.25, -0.2) is 5.43 Å². The Balaban J connectivity index is 1.26. The number of benzene rings is 3. The minimum Gasteiger partial charge on any atom is -0.455 e. The van der Waals surface area contributed by atoms with Crippen LogP contribution in [0.1, 0.15) is 16.1 Å². The van der Waals surface area contributed by atoms with Crippen LogP contribution in [-0.4, -0.2) is 24.6 Å². The maximum absolute atomic E-state index is 12.8. The number of amides is 2. The summed E-state index contributed by atoms with van der Waals surface area (Å²) in [5.41, 5.74) is 4.45. The number of hydrazone groups is 1. The van der Waals surface area contributed by atoms with Crippen molar-refractivity contribution in [2.75, 3.05) is 11.4 Å². The average Bonchev–Trinajstić information content (AvgIpc) is 3.34. The third kappa shape index (κ3) is 3.64. The number of carbonyl (C=O) groups excluding carboxylic acids is 2. The summed E-state index contributed by atoms with van der Waals surface area (Å²) in [6.45, 7) is -0.145. The van der Waals surface area contributed by atoms with Crippen LogP contribution in [0.3, 0.4) is 0 Å². The van der Waals surface area contributed by atoms with E-state index in [9.17, 15) is 9.59 Å². The molecule has 0 saturated carbocycles. The van der Waals surface area contributed by atoms with Crippen LogP contribution in [0.15, 0.2) is 76.2 Å². The van der Waals surface area contributed by atoms with Gasteiger partial charge in [0.2, 0.25) is 0 Å². The van der Waals surface area contributed by atoms with Crippen LogP contribution in [-0.2, 0) is 4.79 Å². The summed E-state index contributed by atoms with van der Waals surface area (Å²) in [5.74, 6) is 0.354. The van der Waals surface area contributed by atoms with Crippen molar-refractivity contribution in [2.45, 2.75) is 0 Å². The van der Waals surface area contributed by atoms with Gasteiger partial charge in [0.1, 0.15) is 18.1 Å². The Bertz CT molecular complexity index is 1410. The molecule has 3 aromatic carbocycles. The number of hydrogen-bond acceptors (Lipinski definition) is 4. The van der Waals surface area contributed by atoms with Crippen LogP contribution in [0, 0.1) is 0 Å². The fraction of sp³-hybridized carbons (Fsp3) is 0.0417. The van der Waals surface area contributed by atoms with Crippen LogP contribution in [0.2, 0.25) is 10.0 Å². The lowest BCUT2D eigenvalue weighted by Gasteiger charge is -2.16. The molecule has 1 aromatic heterocycles.